The lowest BCUT2D eigenvalue weighted by molar-refractivity contribution is -0.631. The summed E-state index contributed by atoms with van der Waals surface area (Å²) in [5, 5.41) is 28.0. The summed E-state index contributed by atoms with van der Waals surface area (Å²) in [6, 6.07) is 3.86. The molecule has 4 nitrogen and oxygen atoms in total. The Morgan fingerprint density at radius 3 is 2.23 bits per heavy atom. The van der Waals surface area contributed by atoms with Crippen molar-refractivity contribution in [2.45, 2.75) is 24.7 Å². The molecular weight excluding hydrogens is 165 g/mol. The van der Waals surface area contributed by atoms with E-state index in [4.69, 9.17) is 18.4 Å². The van der Waals surface area contributed by atoms with E-state index < -0.39 is 0 Å². The summed E-state index contributed by atoms with van der Waals surface area (Å²) in [5.41, 5.74) is 0.794. The Kier molecular flexibility index (Phi) is 3.30. The zero-order valence-electron chi connectivity index (χ0n) is 7.18. The molecule has 5 heteroatoms. The van der Waals surface area contributed by atoms with Crippen LogP contribution in [0.4, 0.5) is 0 Å². The molecule has 2 N–H and O–H groups in total. The van der Waals surface area contributed by atoms with Crippen LogP contribution in [-0.2, 0) is 0 Å². The lowest BCUT2D eigenvalue weighted by atomic mass is 9.65. The van der Waals surface area contributed by atoms with Crippen LogP contribution in [0.15, 0.2) is 0 Å². The number of quaternary nitrogens is 1. The first-order valence-corrected chi connectivity index (χ1v) is 4.23. The second-order valence-electron chi connectivity index (χ2n) is 3.41. The molecule has 0 aromatic carbocycles. The highest BCUT2D eigenvalue weighted by Gasteiger charge is 2.35. The van der Waals surface area contributed by atoms with Gasteiger partial charge in [-0.3, -0.25) is 0 Å². The average Bonchev–Trinajstić information content (AvgIpc) is 2.17. The number of nitrogens with zero attached hydrogens (tertiary/aromatic N) is 2. The van der Waals surface area contributed by atoms with Crippen LogP contribution in [0.2, 0.25) is 5.82 Å². The third-order valence-corrected chi connectivity index (χ3v) is 2.59. The molecule has 4 atom stereocenters. The van der Waals surface area contributed by atoms with E-state index in [-0.39, 0.29) is 23.7 Å². The minimum atomic E-state index is -0.333. The van der Waals surface area contributed by atoms with Gasteiger partial charge in [0, 0.05) is 6.42 Å². The highest BCUT2D eigenvalue weighted by Crippen LogP contribution is 2.33. The molecule has 13 heavy (non-hydrogen) atoms. The molecule has 66 valence electrons. The molecule has 2 radical (unpaired) electrons. The van der Waals surface area contributed by atoms with Crippen LogP contribution in [-0.4, -0.2) is 13.9 Å². The zero-order valence-corrected chi connectivity index (χ0v) is 7.18. The Labute approximate surface area is 78.5 Å². The third-order valence-electron chi connectivity index (χ3n) is 2.59. The van der Waals surface area contributed by atoms with E-state index in [1.807, 2.05) is 0 Å². The van der Waals surface area contributed by atoms with Gasteiger partial charge in [-0.2, -0.15) is 10.5 Å². The highest BCUT2D eigenvalue weighted by molar-refractivity contribution is 6.12. The summed E-state index contributed by atoms with van der Waals surface area (Å²) in [6.07, 6.45) is 0.886. The Morgan fingerprint density at radius 2 is 1.77 bits per heavy atom. The lowest BCUT2D eigenvalue weighted by Crippen LogP contribution is -2.86. The SMILES string of the molecule is [B]C1CC(C#N)C(C#N)CC1[NH2+][O-]. The predicted molar refractivity (Wildman–Crippen MR) is 46.0 cm³/mol. The zero-order chi connectivity index (χ0) is 9.84. The van der Waals surface area contributed by atoms with Crippen molar-refractivity contribution < 1.29 is 5.48 Å². The normalized spacial score (nSPS) is 39.0. The number of hydrogen-bond donors (Lipinski definition) is 1. The van der Waals surface area contributed by atoms with Crippen molar-refractivity contribution in [2.75, 3.05) is 0 Å². The van der Waals surface area contributed by atoms with E-state index in [1.54, 1.807) is 0 Å². The van der Waals surface area contributed by atoms with Crippen molar-refractivity contribution in [1.29, 1.82) is 10.5 Å². The largest absolute Gasteiger partial charge is 0.636 e. The van der Waals surface area contributed by atoms with Gasteiger partial charge in [0.1, 0.15) is 0 Å². The van der Waals surface area contributed by atoms with Gasteiger partial charge < -0.3 is 10.7 Å². The van der Waals surface area contributed by atoms with Crippen molar-refractivity contribution in [1.82, 2.24) is 0 Å². The third kappa shape index (κ3) is 2.00. The van der Waals surface area contributed by atoms with Crippen LogP contribution in [0.3, 0.4) is 0 Å². The van der Waals surface area contributed by atoms with Gasteiger partial charge in [-0.1, -0.05) is 0 Å². The monoisotopic (exact) mass is 175 g/mol. The summed E-state index contributed by atoms with van der Waals surface area (Å²) < 4.78 is 0. The molecule has 4 unspecified atom stereocenters. The summed E-state index contributed by atoms with van der Waals surface area (Å²) in [7, 11) is 5.68. The fourth-order valence-electron chi connectivity index (χ4n) is 1.71. The number of nitrogens with two attached hydrogens (primary N) is 1. The molecule has 0 heterocycles. The molecule has 1 fully saturated rings. The second kappa shape index (κ2) is 4.27. The molecular formula is C8H10BN3O. The first kappa shape index (κ1) is 10.0. The van der Waals surface area contributed by atoms with E-state index in [9.17, 15) is 5.21 Å². The molecule has 0 amide bonds. The molecule has 0 aromatic rings. The molecule has 0 bridgehead atoms. The van der Waals surface area contributed by atoms with E-state index in [0.29, 0.717) is 12.8 Å². The van der Waals surface area contributed by atoms with Gasteiger partial charge >= 0.3 is 0 Å². The minimum absolute atomic E-state index is 0.255. The lowest BCUT2D eigenvalue weighted by Gasteiger charge is -2.33. The summed E-state index contributed by atoms with van der Waals surface area (Å²) in [5.74, 6) is -0.900. The van der Waals surface area contributed by atoms with Crippen molar-refractivity contribution in [3.05, 3.63) is 5.21 Å². The van der Waals surface area contributed by atoms with Gasteiger partial charge in [0.25, 0.3) is 0 Å². The van der Waals surface area contributed by atoms with Crippen molar-refractivity contribution in [3.63, 3.8) is 0 Å². The average molecular weight is 175 g/mol. The quantitative estimate of drug-likeness (QED) is 0.428. The Hall–Kier alpha value is -1.04. The predicted octanol–water partition coefficient (Wildman–Crippen LogP) is -0.553. The summed E-state index contributed by atoms with van der Waals surface area (Å²) >= 11 is 0. The molecule has 0 aliphatic heterocycles. The van der Waals surface area contributed by atoms with Crippen LogP contribution in [0, 0.1) is 39.7 Å². The maximum atomic E-state index is 10.6. The second-order valence-corrected chi connectivity index (χ2v) is 3.41. The maximum absolute atomic E-state index is 10.6. The highest BCUT2D eigenvalue weighted by atomic mass is 16.5. The maximum Gasteiger partial charge on any atom is 0.0819 e. The Balaban J connectivity index is 2.68. The van der Waals surface area contributed by atoms with Gasteiger partial charge in [-0.15, -0.1) is 0 Å². The number of hydroxylamine groups is 1. The standard InChI is InChI=1S/C8H10BN3O/c9-7-1-5(3-10)6(4-11)2-8(7)12-13/h5-8H,1-2,12H2. The number of nitriles is 2. The summed E-state index contributed by atoms with van der Waals surface area (Å²) in [4.78, 5) is 0. The van der Waals surface area contributed by atoms with Crippen molar-refractivity contribution in [3.8, 4) is 12.1 Å². The van der Waals surface area contributed by atoms with Gasteiger partial charge in [0.05, 0.1) is 37.9 Å². The van der Waals surface area contributed by atoms with Crippen LogP contribution < -0.4 is 5.48 Å². The van der Waals surface area contributed by atoms with Crippen LogP contribution in [0.25, 0.3) is 0 Å². The molecule has 1 aliphatic rings. The number of rotatable bonds is 1. The molecule has 1 saturated carbocycles. The van der Waals surface area contributed by atoms with Crippen LogP contribution in [0.5, 0.6) is 0 Å². The smallest absolute Gasteiger partial charge is 0.0819 e. The first-order valence-electron chi connectivity index (χ1n) is 4.23. The molecule has 0 aromatic heterocycles. The first-order chi connectivity index (χ1) is 6.22. The summed E-state index contributed by atoms with van der Waals surface area (Å²) in [6.45, 7) is 0. The van der Waals surface area contributed by atoms with Gasteiger partial charge in [0.15, 0.2) is 0 Å². The van der Waals surface area contributed by atoms with Gasteiger partial charge in [-0.25, -0.2) is 0 Å². The Bertz CT molecular complexity index is 257. The molecule has 1 rings (SSSR count). The fraction of sp³-hybridized carbons (Fsp3) is 0.750. The molecule has 1 aliphatic carbocycles. The van der Waals surface area contributed by atoms with Crippen LogP contribution >= 0.6 is 0 Å². The van der Waals surface area contributed by atoms with Crippen molar-refractivity contribution >= 4 is 7.85 Å². The molecule has 0 spiro atoms. The van der Waals surface area contributed by atoms with Crippen LogP contribution in [0.1, 0.15) is 12.8 Å². The fourth-order valence-corrected chi connectivity index (χ4v) is 1.71. The van der Waals surface area contributed by atoms with E-state index in [0.717, 1.165) is 5.48 Å². The Morgan fingerprint density at radius 1 is 1.23 bits per heavy atom. The van der Waals surface area contributed by atoms with Crippen molar-refractivity contribution in [2.24, 2.45) is 11.8 Å². The topological polar surface area (TPSA) is 87.2 Å². The van der Waals surface area contributed by atoms with Gasteiger partial charge in [-0.05, 0) is 12.2 Å². The minimum Gasteiger partial charge on any atom is -0.636 e. The van der Waals surface area contributed by atoms with Gasteiger partial charge in [0.2, 0.25) is 0 Å². The number of hydrogen-bond acceptors (Lipinski definition) is 3. The molecule has 0 saturated heterocycles. The van der Waals surface area contributed by atoms with E-state index >= 15 is 0 Å². The van der Waals surface area contributed by atoms with E-state index in [2.05, 4.69) is 12.1 Å². The van der Waals surface area contributed by atoms with E-state index in [1.165, 1.54) is 0 Å².